The lowest BCUT2D eigenvalue weighted by molar-refractivity contribution is -0.135. The lowest BCUT2D eigenvalue weighted by atomic mass is 9.80. The third-order valence-corrected chi connectivity index (χ3v) is 4.42. The fraction of sp³-hybridized carbons (Fsp3) is 0.938. The zero-order valence-corrected chi connectivity index (χ0v) is 13.0. The monoisotopic (exact) mass is 268 g/mol. The third-order valence-electron chi connectivity index (χ3n) is 4.42. The van der Waals surface area contributed by atoms with E-state index in [9.17, 15) is 4.79 Å². The van der Waals surface area contributed by atoms with E-state index in [2.05, 4.69) is 13.8 Å². The maximum absolute atomic E-state index is 12.3. The molecule has 1 amide bonds. The van der Waals surface area contributed by atoms with Crippen molar-refractivity contribution in [3.05, 3.63) is 0 Å². The minimum Gasteiger partial charge on any atom is -0.346 e. The molecule has 0 spiro atoms. The zero-order chi connectivity index (χ0) is 14.3. The Kier molecular flexibility index (Phi) is 7.44. The first-order chi connectivity index (χ1) is 9.04. The highest BCUT2D eigenvalue weighted by Gasteiger charge is 2.27. The predicted octanol–water partition coefficient (Wildman–Crippen LogP) is 3.04. The molecule has 112 valence electrons. The van der Waals surface area contributed by atoms with Gasteiger partial charge in [-0.1, -0.05) is 13.8 Å². The summed E-state index contributed by atoms with van der Waals surface area (Å²) in [5.41, 5.74) is 5.61. The van der Waals surface area contributed by atoms with E-state index in [4.69, 9.17) is 5.73 Å². The van der Waals surface area contributed by atoms with Gasteiger partial charge < -0.3 is 10.6 Å². The number of hydrogen-bond acceptors (Lipinski definition) is 2. The van der Waals surface area contributed by atoms with E-state index in [0.29, 0.717) is 5.91 Å². The smallest absolute Gasteiger partial charge is 0.225 e. The molecule has 1 rings (SSSR count). The lowest BCUT2D eigenvalue weighted by Gasteiger charge is -2.30. The van der Waals surface area contributed by atoms with Gasteiger partial charge in [-0.25, -0.2) is 0 Å². The summed E-state index contributed by atoms with van der Waals surface area (Å²) in [7, 11) is 1.97. The Morgan fingerprint density at radius 2 is 1.89 bits per heavy atom. The van der Waals surface area contributed by atoms with E-state index in [1.807, 2.05) is 11.9 Å². The van der Waals surface area contributed by atoms with E-state index >= 15 is 0 Å². The van der Waals surface area contributed by atoms with Gasteiger partial charge in [0, 0.05) is 19.5 Å². The average molecular weight is 268 g/mol. The molecule has 0 aromatic heterocycles. The molecule has 0 radical (unpaired) electrons. The summed E-state index contributed by atoms with van der Waals surface area (Å²) in [6, 6.07) is 0. The SMILES string of the molecule is CC(C)CCCN(C)C(=O)C1CCC(CCN)CC1. The van der Waals surface area contributed by atoms with Crippen LogP contribution in [0.25, 0.3) is 0 Å². The molecular formula is C16H32N2O. The van der Waals surface area contributed by atoms with Crippen LogP contribution in [0.15, 0.2) is 0 Å². The highest BCUT2D eigenvalue weighted by molar-refractivity contribution is 5.78. The Balaban J connectivity index is 2.26. The normalized spacial score (nSPS) is 23.6. The second-order valence-corrected chi connectivity index (χ2v) is 6.59. The molecule has 3 nitrogen and oxygen atoms in total. The number of amides is 1. The van der Waals surface area contributed by atoms with Crippen molar-refractivity contribution in [2.24, 2.45) is 23.5 Å². The van der Waals surface area contributed by atoms with Crippen LogP contribution in [0.4, 0.5) is 0 Å². The van der Waals surface area contributed by atoms with Gasteiger partial charge in [-0.3, -0.25) is 4.79 Å². The first-order valence-corrected chi connectivity index (χ1v) is 7.99. The van der Waals surface area contributed by atoms with Crippen molar-refractivity contribution in [1.82, 2.24) is 4.90 Å². The van der Waals surface area contributed by atoms with Crippen LogP contribution in [-0.2, 0) is 4.79 Å². The summed E-state index contributed by atoms with van der Waals surface area (Å²) < 4.78 is 0. The van der Waals surface area contributed by atoms with E-state index in [1.165, 1.54) is 19.3 Å². The summed E-state index contributed by atoms with van der Waals surface area (Å²) in [6.07, 6.45) is 7.98. The van der Waals surface area contributed by atoms with E-state index in [-0.39, 0.29) is 5.92 Å². The number of nitrogens with zero attached hydrogens (tertiary/aromatic N) is 1. The van der Waals surface area contributed by atoms with Crippen LogP contribution in [0.5, 0.6) is 0 Å². The largest absolute Gasteiger partial charge is 0.346 e. The van der Waals surface area contributed by atoms with Crippen LogP contribution in [-0.4, -0.2) is 30.9 Å². The van der Waals surface area contributed by atoms with Crippen molar-refractivity contribution in [1.29, 1.82) is 0 Å². The summed E-state index contributed by atoms with van der Waals surface area (Å²) in [6.45, 7) is 6.18. The molecule has 0 aromatic carbocycles. The van der Waals surface area contributed by atoms with Gasteiger partial charge in [0.1, 0.15) is 0 Å². The van der Waals surface area contributed by atoms with Crippen molar-refractivity contribution >= 4 is 5.91 Å². The van der Waals surface area contributed by atoms with Crippen molar-refractivity contribution in [3.8, 4) is 0 Å². The number of hydrogen-bond donors (Lipinski definition) is 1. The highest BCUT2D eigenvalue weighted by atomic mass is 16.2. The number of nitrogens with two attached hydrogens (primary N) is 1. The Morgan fingerprint density at radius 3 is 2.42 bits per heavy atom. The fourth-order valence-electron chi connectivity index (χ4n) is 3.09. The van der Waals surface area contributed by atoms with Crippen LogP contribution in [0, 0.1) is 17.8 Å². The summed E-state index contributed by atoms with van der Waals surface area (Å²) in [5, 5.41) is 0. The molecule has 2 N–H and O–H groups in total. The van der Waals surface area contributed by atoms with Crippen molar-refractivity contribution in [2.45, 2.75) is 58.8 Å². The van der Waals surface area contributed by atoms with E-state index in [0.717, 1.165) is 50.6 Å². The Morgan fingerprint density at radius 1 is 1.26 bits per heavy atom. The molecule has 0 saturated heterocycles. The molecule has 0 unspecified atom stereocenters. The molecule has 1 aliphatic carbocycles. The first-order valence-electron chi connectivity index (χ1n) is 7.99. The Hall–Kier alpha value is -0.570. The Bertz CT molecular complexity index is 257. The van der Waals surface area contributed by atoms with Crippen LogP contribution >= 0.6 is 0 Å². The average Bonchev–Trinajstić information content (AvgIpc) is 2.38. The molecule has 0 aliphatic heterocycles. The molecule has 3 heteroatoms. The summed E-state index contributed by atoms with van der Waals surface area (Å²) in [5.74, 6) is 2.14. The molecule has 1 aliphatic rings. The second kappa shape index (κ2) is 8.57. The van der Waals surface area contributed by atoms with Crippen LogP contribution in [0.3, 0.4) is 0 Å². The van der Waals surface area contributed by atoms with Crippen LogP contribution in [0.1, 0.15) is 58.8 Å². The number of carbonyl (C=O) groups is 1. The molecule has 0 atom stereocenters. The fourth-order valence-corrected chi connectivity index (χ4v) is 3.09. The minimum atomic E-state index is 0.276. The van der Waals surface area contributed by atoms with Crippen LogP contribution in [0.2, 0.25) is 0 Å². The number of rotatable bonds is 7. The third kappa shape index (κ3) is 5.94. The minimum absolute atomic E-state index is 0.276. The maximum atomic E-state index is 12.3. The van der Waals surface area contributed by atoms with Crippen molar-refractivity contribution in [3.63, 3.8) is 0 Å². The molecule has 0 heterocycles. The van der Waals surface area contributed by atoms with Gasteiger partial charge in [-0.2, -0.15) is 0 Å². The van der Waals surface area contributed by atoms with Gasteiger partial charge in [0.25, 0.3) is 0 Å². The molecule has 0 aromatic rings. The van der Waals surface area contributed by atoms with Crippen LogP contribution < -0.4 is 5.73 Å². The van der Waals surface area contributed by atoms with Crippen molar-refractivity contribution in [2.75, 3.05) is 20.1 Å². The van der Waals surface area contributed by atoms with Gasteiger partial charge >= 0.3 is 0 Å². The number of carbonyl (C=O) groups excluding carboxylic acids is 1. The van der Waals surface area contributed by atoms with Gasteiger partial charge in [0.15, 0.2) is 0 Å². The quantitative estimate of drug-likeness (QED) is 0.771. The summed E-state index contributed by atoms with van der Waals surface area (Å²) in [4.78, 5) is 14.3. The first kappa shape index (κ1) is 16.5. The summed E-state index contributed by atoms with van der Waals surface area (Å²) >= 11 is 0. The standard InChI is InChI=1S/C16H32N2O/c1-13(2)5-4-12-18(3)16(19)15-8-6-14(7-9-15)10-11-17/h13-15H,4-12,17H2,1-3H3. The topological polar surface area (TPSA) is 46.3 Å². The van der Waals surface area contributed by atoms with Crippen molar-refractivity contribution < 1.29 is 4.79 Å². The Labute approximate surface area is 118 Å². The second-order valence-electron chi connectivity index (χ2n) is 6.59. The predicted molar refractivity (Wildman–Crippen MR) is 80.8 cm³/mol. The lowest BCUT2D eigenvalue weighted by Crippen LogP contribution is -2.35. The zero-order valence-electron chi connectivity index (χ0n) is 13.0. The molecular weight excluding hydrogens is 236 g/mol. The molecule has 19 heavy (non-hydrogen) atoms. The van der Waals surface area contributed by atoms with Gasteiger partial charge in [0.05, 0.1) is 0 Å². The maximum Gasteiger partial charge on any atom is 0.225 e. The van der Waals surface area contributed by atoms with E-state index < -0.39 is 0 Å². The molecule has 1 saturated carbocycles. The van der Waals surface area contributed by atoms with Gasteiger partial charge in [-0.15, -0.1) is 0 Å². The van der Waals surface area contributed by atoms with E-state index in [1.54, 1.807) is 0 Å². The van der Waals surface area contributed by atoms with Gasteiger partial charge in [0.2, 0.25) is 5.91 Å². The highest BCUT2D eigenvalue weighted by Crippen LogP contribution is 2.31. The molecule has 1 fully saturated rings. The molecule has 0 bridgehead atoms. The van der Waals surface area contributed by atoms with Gasteiger partial charge in [-0.05, 0) is 63.3 Å².